The second-order valence-corrected chi connectivity index (χ2v) is 6.05. The average Bonchev–Trinajstić information content (AvgIpc) is 2.69. The molecule has 1 aliphatic rings. The van der Waals surface area contributed by atoms with Crippen molar-refractivity contribution >= 4 is 28.3 Å². The number of halogens is 3. The Balaban J connectivity index is 0.00000200. The Morgan fingerprint density at radius 3 is 2.80 bits per heavy atom. The topological polar surface area (TPSA) is 38.5 Å². The van der Waals surface area contributed by atoms with E-state index in [0.29, 0.717) is 28.8 Å². The first-order valence-corrected chi connectivity index (χ1v) is 7.41. The molecule has 0 radical (unpaired) electrons. The van der Waals surface area contributed by atoms with E-state index in [4.69, 9.17) is 10.5 Å². The molecule has 1 heterocycles. The summed E-state index contributed by atoms with van der Waals surface area (Å²) in [4.78, 5) is 2.38. The Kier molecular flexibility index (Phi) is 7.23. The van der Waals surface area contributed by atoms with Crippen LogP contribution in [0.2, 0.25) is 0 Å². The second kappa shape index (κ2) is 8.17. The molecule has 1 saturated heterocycles. The lowest BCUT2D eigenvalue weighted by atomic mass is 10.1. The second-order valence-electron chi connectivity index (χ2n) is 5.13. The fourth-order valence-corrected chi connectivity index (χ4v) is 3.04. The van der Waals surface area contributed by atoms with E-state index >= 15 is 0 Å². The van der Waals surface area contributed by atoms with Gasteiger partial charge in [-0.05, 0) is 37.9 Å². The van der Waals surface area contributed by atoms with Crippen LogP contribution in [0.25, 0.3) is 0 Å². The van der Waals surface area contributed by atoms with Crippen molar-refractivity contribution in [3.8, 4) is 5.75 Å². The summed E-state index contributed by atoms with van der Waals surface area (Å²) in [5.41, 5.74) is 5.71. The molecule has 0 bridgehead atoms. The molecular weight excluding hydrogens is 347 g/mol. The van der Waals surface area contributed by atoms with Crippen molar-refractivity contribution in [3.05, 3.63) is 28.5 Å². The monoisotopic (exact) mass is 366 g/mol. The summed E-state index contributed by atoms with van der Waals surface area (Å²) in [6.45, 7) is 5.42. The molecule has 2 atom stereocenters. The standard InChI is InChI=1S/C14H20BrFN2O.ClH/c1-10-4-11(8-17)9-18(10)2-3-19-14-6-12(15)5-13(16)7-14;/h5-7,10-11H,2-4,8-9,17H2,1H3;1H. The van der Waals surface area contributed by atoms with Gasteiger partial charge >= 0.3 is 0 Å². The first-order chi connectivity index (χ1) is 9.08. The van der Waals surface area contributed by atoms with Gasteiger partial charge in [-0.2, -0.15) is 0 Å². The lowest BCUT2D eigenvalue weighted by Gasteiger charge is -2.21. The molecule has 0 amide bonds. The van der Waals surface area contributed by atoms with Gasteiger partial charge in [0.15, 0.2) is 0 Å². The highest BCUT2D eigenvalue weighted by molar-refractivity contribution is 9.10. The Bertz CT molecular complexity index is 415. The number of benzene rings is 1. The van der Waals surface area contributed by atoms with Crippen LogP contribution in [0, 0.1) is 11.7 Å². The summed E-state index contributed by atoms with van der Waals surface area (Å²) < 4.78 is 19.5. The number of ether oxygens (including phenoxy) is 1. The van der Waals surface area contributed by atoms with Crippen LogP contribution in [0.4, 0.5) is 4.39 Å². The molecule has 0 aromatic heterocycles. The summed E-state index contributed by atoms with van der Waals surface area (Å²) in [6.07, 6.45) is 1.15. The summed E-state index contributed by atoms with van der Waals surface area (Å²) in [7, 11) is 0. The van der Waals surface area contributed by atoms with Gasteiger partial charge in [0.2, 0.25) is 0 Å². The Morgan fingerprint density at radius 2 is 2.20 bits per heavy atom. The fourth-order valence-electron chi connectivity index (χ4n) is 2.59. The van der Waals surface area contributed by atoms with Crippen LogP contribution in [-0.4, -0.2) is 37.2 Å². The summed E-state index contributed by atoms with van der Waals surface area (Å²) in [5.74, 6) is 0.870. The van der Waals surface area contributed by atoms with Crippen LogP contribution in [0.15, 0.2) is 22.7 Å². The van der Waals surface area contributed by atoms with Crippen LogP contribution < -0.4 is 10.5 Å². The smallest absolute Gasteiger partial charge is 0.128 e. The highest BCUT2D eigenvalue weighted by Gasteiger charge is 2.27. The molecule has 2 rings (SSSR count). The van der Waals surface area contributed by atoms with E-state index < -0.39 is 0 Å². The van der Waals surface area contributed by atoms with Gasteiger partial charge < -0.3 is 10.5 Å². The average molecular weight is 368 g/mol. The molecule has 114 valence electrons. The Hall–Kier alpha value is -0.360. The van der Waals surface area contributed by atoms with Crippen LogP contribution in [-0.2, 0) is 0 Å². The van der Waals surface area contributed by atoms with Gasteiger partial charge in [0, 0.05) is 29.7 Å². The zero-order valence-corrected chi connectivity index (χ0v) is 13.9. The molecule has 1 aliphatic heterocycles. The predicted octanol–water partition coefficient (Wildman–Crippen LogP) is 3.06. The van der Waals surface area contributed by atoms with Crippen LogP contribution in [0.1, 0.15) is 13.3 Å². The van der Waals surface area contributed by atoms with E-state index in [-0.39, 0.29) is 18.2 Å². The molecule has 0 spiro atoms. The van der Waals surface area contributed by atoms with Crippen molar-refractivity contribution in [1.82, 2.24) is 4.90 Å². The zero-order valence-electron chi connectivity index (χ0n) is 11.5. The van der Waals surface area contributed by atoms with Crippen LogP contribution >= 0.6 is 28.3 Å². The van der Waals surface area contributed by atoms with Gasteiger partial charge in [-0.1, -0.05) is 15.9 Å². The third-order valence-electron chi connectivity index (χ3n) is 3.61. The minimum atomic E-state index is -0.290. The van der Waals surface area contributed by atoms with E-state index in [2.05, 4.69) is 27.8 Å². The zero-order chi connectivity index (χ0) is 13.8. The minimum Gasteiger partial charge on any atom is -0.492 e. The Labute approximate surface area is 134 Å². The lowest BCUT2D eigenvalue weighted by molar-refractivity contribution is 0.201. The van der Waals surface area contributed by atoms with Gasteiger partial charge in [0.05, 0.1) is 0 Å². The van der Waals surface area contributed by atoms with Crippen molar-refractivity contribution < 1.29 is 9.13 Å². The van der Waals surface area contributed by atoms with Crippen LogP contribution in [0.5, 0.6) is 5.75 Å². The SMILES string of the molecule is CC1CC(CN)CN1CCOc1cc(F)cc(Br)c1.Cl. The molecule has 3 nitrogen and oxygen atoms in total. The maximum absolute atomic E-state index is 13.2. The summed E-state index contributed by atoms with van der Waals surface area (Å²) >= 11 is 3.25. The maximum Gasteiger partial charge on any atom is 0.128 e. The van der Waals surface area contributed by atoms with E-state index in [1.54, 1.807) is 6.07 Å². The molecule has 20 heavy (non-hydrogen) atoms. The summed E-state index contributed by atoms with van der Waals surface area (Å²) in [5, 5.41) is 0. The van der Waals surface area contributed by atoms with Gasteiger partial charge in [0.25, 0.3) is 0 Å². The van der Waals surface area contributed by atoms with Gasteiger partial charge in [0.1, 0.15) is 18.2 Å². The predicted molar refractivity (Wildman–Crippen MR) is 85.0 cm³/mol. The molecule has 1 fully saturated rings. The number of hydrogen-bond donors (Lipinski definition) is 1. The van der Waals surface area contributed by atoms with Gasteiger partial charge in [-0.3, -0.25) is 4.90 Å². The molecule has 0 aliphatic carbocycles. The molecule has 0 saturated carbocycles. The molecule has 1 aromatic rings. The summed E-state index contributed by atoms with van der Waals surface area (Å²) in [6, 6.07) is 5.15. The number of hydrogen-bond acceptors (Lipinski definition) is 3. The van der Waals surface area contributed by atoms with Crippen LogP contribution in [0.3, 0.4) is 0 Å². The first kappa shape index (κ1) is 17.7. The fraction of sp³-hybridized carbons (Fsp3) is 0.571. The van der Waals surface area contributed by atoms with Crippen molar-refractivity contribution in [2.45, 2.75) is 19.4 Å². The quantitative estimate of drug-likeness (QED) is 0.869. The van der Waals surface area contributed by atoms with E-state index in [0.717, 1.165) is 26.1 Å². The normalized spacial score (nSPS) is 22.6. The largest absolute Gasteiger partial charge is 0.492 e. The maximum atomic E-state index is 13.2. The Morgan fingerprint density at radius 1 is 1.45 bits per heavy atom. The third-order valence-corrected chi connectivity index (χ3v) is 4.06. The highest BCUT2D eigenvalue weighted by Crippen LogP contribution is 2.23. The molecule has 6 heteroatoms. The number of nitrogens with two attached hydrogens (primary N) is 1. The third kappa shape index (κ3) is 4.88. The number of nitrogens with zero attached hydrogens (tertiary/aromatic N) is 1. The van der Waals surface area contributed by atoms with Crippen molar-refractivity contribution in [2.24, 2.45) is 11.7 Å². The lowest BCUT2D eigenvalue weighted by Crippen LogP contribution is -2.32. The van der Waals surface area contributed by atoms with Crippen molar-refractivity contribution in [3.63, 3.8) is 0 Å². The minimum absolute atomic E-state index is 0. The molecule has 1 aromatic carbocycles. The molecule has 2 N–H and O–H groups in total. The van der Waals surface area contributed by atoms with Gasteiger partial charge in [-0.15, -0.1) is 12.4 Å². The number of rotatable bonds is 5. The van der Waals surface area contributed by atoms with E-state index in [1.165, 1.54) is 12.1 Å². The molecular formula is C14H21BrClFN2O. The highest BCUT2D eigenvalue weighted by atomic mass is 79.9. The molecule has 2 unspecified atom stereocenters. The first-order valence-electron chi connectivity index (χ1n) is 6.61. The van der Waals surface area contributed by atoms with Crippen molar-refractivity contribution in [2.75, 3.05) is 26.2 Å². The van der Waals surface area contributed by atoms with E-state index in [1.807, 2.05) is 0 Å². The number of likely N-dealkylation sites (tertiary alicyclic amines) is 1. The van der Waals surface area contributed by atoms with E-state index in [9.17, 15) is 4.39 Å². The van der Waals surface area contributed by atoms with Gasteiger partial charge in [-0.25, -0.2) is 4.39 Å². The van der Waals surface area contributed by atoms with Crippen molar-refractivity contribution in [1.29, 1.82) is 0 Å².